The molecular formula is C25H33N3O3S2. The highest BCUT2D eigenvalue weighted by molar-refractivity contribution is 7.98. The summed E-state index contributed by atoms with van der Waals surface area (Å²) in [4.78, 5) is 18.3. The fraction of sp³-hybridized carbons (Fsp3) is 0.480. The lowest BCUT2D eigenvalue weighted by atomic mass is 10.1. The Morgan fingerprint density at radius 1 is 0.939 bits per heavy atom. The number of thioether (sulfide) groups is 1. The van der Waals surface area contributed by atoms with Crippen LogP contribution in [0.1, 0.15) is 53.6 Å². The van der Waals surface area contributed by atoms with Crippen molar-refractivity contribution in [1.82, 2.24) is 14.5 Å². The third kappa shape index (κ3) is 5.98. The van der Waals surface area contributed by atoms with Crippen molar-refractivity contribution in [2.24, 2.45) is 0 Å². The van der Waals surface area contributed by atoms with Crippen molar-refractivity contribution < 1.29 is 13.2 Å². The summed E-state index contributed by atoms with van der Waals surface area (Å²) in [7, 11) is -3.76. The van der Waals surface area contributed by atoms with Gasteiger partial charge < -0.3 is 4.90 Å². The van der Waals surface area contributed by atoms with E-state index in [1.165, 1.54) is 24.6 Å². The molecule has 2 aromatic rings. The highest BCUT2D eigenvalue weighted by Crippen LogP contribution is 2.26. The second kappa shape index (κ2) is 11.0. The topological polar surface area (TPSA) is 69.7 Å². The molecule has 2 aliphatic rings. The zero-order chi connectivity index (χ0) is 23.3. The van der Waals surface area contributed by atoms with E-state index in [-0.39, 0.29) is 17.3 Å². The molecule has 178 valence electrons. The summed E-state index contributed by atoms with van der Waals surface area (Å²) in [5.41, 5.74) is 2.61. The number of carbonyl (C=O) groups is 1. The Kier molecular flexibility index (Phi) is 8.11. The number of hydrogen-bond acceptors (Lipinski definition) is 5. The van der Waals surface area contributed by atoms with Crippen molar-refractivity contribution in [2.45, 2.75) is 55.0 Å². The smallest absolute Gasteiger partial charge is 0.255 e. The molecule has 8 heteroatoms. The van der Waals surface area contributed by atoms with Gasteiger partial charge in [0.25, 0.3) is 5.91 Å². The number of sulfonamides is 1. The lowest BCUT2D eigenvalue weighted by molar-refractivity contribution is 0.0720. The summed E-state index contributed by atoms with van der Waals surface area (Å²) < 4.78 is 29.1. The average molecular weight is 488 g/mol. The first-order valence-electron chi connectivity index (χ1n) is 11.7. The van der Waals surface area contributed by atoms with Gasteiger partial charge in [-0.05, 0) is 80.8 Å². The van der Waals surface area contributed by atoms with Crippen molar-refractivity contribution in [2.75, 3.05) is 32.4 Å². The lowest BCUT2D eigenvalue weighted by Gasteiger charge is -2.27. The highest BCUT2D eigenvalue weighted by Gasteiger charge is 2.24. The van der Waals surface area contributed by atoms with Crippen molar-refractivity contribution >= 4 is 27.7 Å². The molecule has 6 nitrogen and oxygen atoms in total. The number of benzene rings is 2. The number of piperidine rings is 1. The number of nitrogens with zero attached hydrogens (tertiary/aromatic N) is 2. The molecule has 0 bridgehead atoms. The van der Waals surface area contributed by atoms with E-state index in [1.807, 2.05) is 29.4 Å². The van der Waals surface area contributed by atoms with Crippen LogP contribution >= 0.6 is 11.8 Å². The number of carbonyl (C=O) groups excluding carboxylic acids is 1. The molecule has 0 aromatic heterocycles. The third-order valence-corrected chi connectivity index (χ3v) is 8.71. The lowest BCUT2D eigenvalue weighted by Crippen LogP contribution is -2.36. The Hall–Kier alpha value is -1.87. The van der Waals surface area contributed by atoms with E-state index in [0.717, 1.165) is 68.0 Å². The molecule has 33 heavy (non-hydrogen) atoms. The summed E-state index contributed by atoms with van der Waals surface area (Å²) in [5.74, 6) is -0.0768. The van der Waals surface area contributed by atoms with Crippen LogP contribution in [0, 0.1) is 0 Å². The summed E-state index contributed by atoms with van der Waals surface area (Å²) in [6.45, 7) is 4.72. The van der Waals surface area contributed by atoms with E-state index in [4.69, 9.17) is 0 Å². The van der Waals surface area contributed by atoms with Crippen molar-refractivity contribution in [3.63, 3.8) is 0 Å². The fourth-order valence-corrected chi connectivity index (χ4v) is 6.21. The molecule has 2 fully saturated rings. The van der Waals surface area contributed by atoms with Gasteiger partial charge in [-0.3, -0.25) is 9.69 Å². The van der Waals surface area contributed by atoms with Crippen LogP contribution in [0.2, 0.25) is 0 Å². The summed E-state index contributed by atoms with van der Waals surface area (Å²) in [6.07, 6.45) is 7.48. The second-order valence-electron chi connectivity index (χ2n) is 8.79. The molecule has 0 saturated carbocycles. The minimum Gasteiger partial charge on any atom is -0.339 e. The minimum atomic E-state index is -3.76. The second-order valence-corrected chi connectivity index (χ2v) is 11.4. The Balaban J connectivity index is 1.51. The van der Waals surface area contributed by atoms with E-state index in [0.29, 0.717) is 5.56 Å². The third-order valence-electron chi connectivity index (χ3n) is 6.52. The summed E-state index contributed by atoms with van der Waals surface area (Å²) >= 11 is 1.47. The first-order valence-corrected chi connectivity index (χ1v) is 14.4. The van der Waals surface area contributed by atoms with Crippen LogP contribution in [0.4, 0.5) is 0 Å². The standard InChI is InChI=1S/C25H33N3O3S2/c1-32-24-12-11-22(17-23(24)25(29)28-15-5-2-6-16-28)33(30,31)26-18-20-9-3-4-10-21(20)19-27-13-7-8-14-27/h3-4,9-12,17,26H,2,5-8,13-16,18-19H2,1H3. The number of rotatable bonds is 8. The maximum absolute atomic E-state index is 13.2. The zero-order valence-electron chi connectivity index (χ0n) is 19.3. The van der Waals surface area contributed by atoms with Crippen molar-refractivity contribution in [1.29, 1.82) is 0 Å². The van der Waals surface area contributed by atoms with E-state index < -0.39 is 10.0 Å². The average Bonchev–Trinajstić information content (AvgIpc) is 3.36. The number of amides is 1. The molecule has 0 spiro atoms. The first-order chi connectivity index (χ1) is 16.0. The summed E-state index contributed by atoms with van der Waals surface area (Å²) in [6, 6.07) is 12.9. The monoisotopic (exact) mass is 487 g/mol. The van der Waals surface area contributed by atoms with Crippen LogP contribution in [-0.2, 0) is 23.1 Å². The number of likely N-dealkylation sites (tertiary alicyclic amines) is 2. The van der Waals surface area contributed by atoms with E-state index in [9.17, 15) is 13.2 Å². The van der Waals surface area contributed by atoms with Gasteiger partial charge in [0.15, 0.2) is 0 Å². The van der Waals surface area contributed by atoms with E-state index in [2.05, 4.69) is 15.7 Å². The van der Waals surface area contributed by atoms with Gasteiger partial charge in [0, 0.05) is 31.1 Å². The number of hydrogen-bond donors (Lipinski definition) is 1. The first kappa shape index (κ1) is 24.3. The predicted octanol–water partition coefficient (Wildman–Crippen LogP) is 4.11. The maximum Gasteiger partial charge on any atom is 0.255 e. The SMILES string of the molecule is CSc1ccc(S(=O)(=O)NCc2ccccc2CN2CCCC2)cc1C(=O)N1CCCCC1. The molecule has 2 aliphatic heterocycles. The van der Waals surface area contributed by atoms with Crippen molar-refractivity contribution in [3.8, 4) is 0 Å². The number of nitrogens with one attached hydrogen (secondary N) is 1. The molecule has 4 rings (SSSR count). The molecule has 1 N–H and O–H groups in total. The normalized spacial score (nSPS) is 17.4. The summed E-state index contributed by atoms with van der Waals surface area (Å²) in [5, 5.41) is 0. The van der Waals surface area contributed by atoms with Gasteiger partial charge in [-0.2, -0.15) is 0 Å². The molecule has 0 radical (unpaired) electrons. The minimum absolute atomic E-state index is 0.0768. The molecule has 1 amide bonds. The van der Waals surface area contributed by atoms with Gasteiger partial charge in [0.2, 0.25) is 10.0 Å². The predicted molar refractivity (Wildman–Crippen MR) is 133 cm³/mol. The van der Waals surface area contributed by atoms with E-state index >= 15 is 0 Å². The van der Waals surface area contributed by atoms with Crippen LogP contribution in [-0.4, -0.2) is 56.6 Å². The van der Waals surface area contributed by atoms with Gasteiger partial charge in [0.05, 0.1) is 10.5 Å². The molecule has 0 atom stereocenters. The van der Waals surface area contributed by atoms with Crippen LogP contribution in [0.25, 0.3) is 0 Å². The van der Waals surface area contributed by atoms with Crippen LogP contribution in [0.15, 0.2) is 52.3 Å². The molecule has 2 heterocycles. The zero-order valence-corrected chi connectivity index (χ0v) is 20.9. The van der Waals surface area contributed by atoms with E-state index in [1.54, 1.807) is 18.2 Å². The Morgan fingerprint density at radius 3 is 2.30 bits per heavy atom. The Labute approximate surface area is 201 Å². The highest BCUT2D eigenvalue weighted by atomic mass is 32.2. The van der Waals surface area contributed by atoms with Crippen LogP contribution in [0.3, 0.4) is 0 Å². The fourth-order valence-electron chi connectivity index (χ4n) is 4.61. The Morgan fingerprint density at radius 2 is 1.61 bits per heavy atom. The molecular weight excluding hydrogens is 454 g/mol. The molecule has 0 unspecified atom stereocenters. The van der Waals surface area contributed by atoms with Gasteiger partial charge in [-0.25, -0.2) is 13.1 Å². The van der Waals surface area contributed by atoms with Crippen LogP contribution in [0.5, 0.6) is 0 Å². The molecule has 2 saturated heterocycles. The van der Waals surface area contributed by atoms with Crippen LogP contribution < -0.4 is 4.72 Å². The van der Waals surface area contributed by atoms with Crippen molar-refractivity contribution in [3.05, 3.63) is 59.2 Å². The van der Waals surface area contributed by atoms with Gasteiger partial charge >= 0.3 is 0 Å². The molecule has 0 aliphatic carbocycles. The maximum atomic E-state index is 13.2. The van der Waals surface area contributed by atoms with Gasteiger partial charge in [-0.15, -0.1) is 11.8 Å². The largest absolute Gasteiger partial charge is 0.339 e. The van der Waals surface area contributed by atoms with Gasteiger partial charge in [0.1, 0.15) is 0 Å². The Bertz CT molecular complexity index is 1080. The van der Waals surface area contributed by atoms with Gasteiger partial charge in [-0.1, -0.05) is 24.3 Å². The quantitative estimate of drug-likeness (QED) is 0.568. The molecule has 2 aromatic carbocycles.